The first-order valence-corrected chi connectivity index (χ1v) is 12.2. The minimum Gasteiger partial charge on any atom is -0.269 e. The normalized spacial score (nSPS) is 14.0. The molecular weight excluding hydrogens is 384 g/mol. The van der Waals surface area contributed by atoms with Crippen molar-refractivity contribution in [3.63, 3.8) is 0 Å². The summed E-state index contributed by atoms with van der Waals surface area (Å²) in [5.41, 5.74) is -1.24. The summed E-state index contributed by atoms with van der Waals surface area (Å²) in [6, 6.07) is 0. The number of rotatable bonds is 13. The molecule has 12 heteroatoms. The van der Waals surface area contributed by atoms with E-state index in [1.807, 2.05) is 0 Å². The van der Waals surface area contributed by atoms with E-state index in [1.54, 1.807) is 6.92 Å². The van der Waals surface area contributed by atoms with E-state index in [-0.39, 0.29) is 23.7 Å². The summed E-state index contributed by atoms with van der Waals surface area (Å²) in [4.78, 5) is 0. The van der Waals surface area contributed by atoms with Gasteiger partial charge in [0.2, 0.25) is 0 Å². The van der Waals surface area contributed by atoms with Gasteiger partial charge in [0.15, 0.2) is 0 Å². The van der Waals surface area contributed by atoms with Crippen LogP contribution >= 0.6 is 0 Å². The van der Waals surface area contributed by atoms with Crippen LogP contribution in [-0.4, -0.2) is 62.3 Å². The van der Waals surface area contributed by atoms with Crippen molar-refractivity contribution in [3.05, 3.63) is 0 Å². The maximum atomic E-state index is 11.5. The van der Waals surface area contributed by atoms with Gasteiger partial charge in [0.1, 0.15) is 0 Å². The zero-order valence-electron chi connectivity index (χ0n) is 14.3. The summed E-state index contributed by atoms with van der Waals surface area (Å²) in [5, 5.41) is 0. The molecule has 0 N–H and O–H groups in total. The topological polar surface area (TPSA) is 130 Å². The predicted molar refractivity (Wildman–Crippen MR) is 89.0 cm³/mol. The van der Waals surface area contributed by atoms with Gasteiger partial charge in [-0.2, -0.15) is 25.3 Å². The minimum absolute atomic E-state index is 0.185. The molecule has 0 heterocycles. The highest BCUT2D eigenvalue weighted by atomic mass is 32.2. The summed E-state index contributed by atoms with van der Waals surface area (Å²) in [7, 11) is -11.4. The molecule has 0 fully saturated rings. The van der Waals surface area contributed by atoms with Crippen LogP contribution in [0.5, 0.6) is 0 Å². The SMILES string of the molecule is CCC(COS(=O)(=O)CC)(COS(=O)(=O)CC)COS(=O)(=O)CC. The fraction of sp³-hybridized carbons (Fsp3) is 1.00. The zero-order valence-corrected chi connectivity index (χ0v) is 16.8. The van der Waals surface area contributed by atoms with E-state index in [0.717, 1.165) is 0 Å². The Labute approximate surface area is 145 Å². The first-order chi connectivity index (χ1) is 10.9. The Hall–Kier alpha value is -0.270. The van der Waals surface area contributed by atoms with Crippen LogP contribution in [-0.2, 0) is 42.9 Å². The molecule has 0 spiro atoms. The van der Waals surface area contributed by atoms with Crippen LogP contribution in [0.1, 0.15) is 34.1 Å². The standard InChI is InChI=1S/C12H26O9S3/c1-5-12(9-19-22(13,14)6-2,10-20-23(15,16)7-3)11-21-24(17,18)8-4/h5-11H2,1-4H3. The molecule has 146 valence electrons. The average molecular weight is 411 g/mol. The van der Waals surface area contributed by atoms with Gasteiger partial charge in [0.05, 0.1) is 37.1 Å². The van der Waals surface area contributed by atoms with Gasteiger partial charge in [-0.05, 0) is 27.2 Å². The van der Waals surface area contributed by atoms with Crippen molar-refractivity contribution in [2.45, 2.75) is 34.1 Å². The third-order valence-corrected chi connectivity index (χ3v) is 7.00. The maximum Gasteiger partial charge on any atom is 0.267 e. The summed E-state index contributed by atoms with van der Waals surface area (Å²) >= 11 is 0. The molecule has 0 saturated heterocycles. The molecule has 24 heavy (non-hydrogen) atoms. The van der Waals surface area contributed by atoms with Crippen LogP contribution in [0.3, 0.4) is 0 Å². The smallest absolute Gasteiger partial charge is 0.267 e. The minimum atomic E-state index is -3.79. The van der Waals surface area contributed by atoms with Crippen LogP contribution in [0.4, 0.5) is 0 Å². The lowest BCUT2D eigenvalue weighted by Gasteiger charge is -2.30. The summed E-state index contributed by atoms with van der Waals surface area (Å²) in [5.74, 6) is -0.806. The molecule has 0 rings (SSSR count). The Bertz CT molecular complexity index is 584. The Morgan fingerprint density at radius 3 is 1.00 bits per heavy atom. The van der Waals surface area contributed by atoms with Crippen molar-refractivity contribution in [1.82, 2.24) is 0 Å². The van der Waals surface area contributed by atoms with Gasteiger partial charge in [-0.1, -0.05) is 6.92 Å². The molecule has 0 bridgehead atoms. The van der Waals surface area contributed by atoms with E-state index in [4.69, 9.17) is 12.5 Å². The van der Waals surface area contributed by atoms with Crippen molar-refractivity contribution in [1.29, 1.82) is 0 Å². The molecule has 9 nitrogen and oxygen atoms in total. The number of hydrogen-bond acceptors (Lipinski definition) is 9. The van der Waals surface area contributed by atoms with Gasteiger partial charge < -0.3 is 0 Å². The second-order valence-electron chi connectivity index (χ2n) is 5.18. The van der Waals surface area contributed by atoms with Crippen LogP contribution in [0.25, 0.3) is 0 Å². The van der Waals surface area contributed by atoms with Gasteiger partial charge in [-0.15, -0.1) is 0 Å². The van der Waals surface area contributed by atoms with E-state index >= 15 is 0 Å². The van der Waals surface area contributed by atoms with E-state index < -0.39 is 55.6 Å². The van der Waals surface area contributed by atoms with Crippen LogP contribution in [0.2, 0.25) is 0 Å². The molecule has 0 aromatic rings. The van der Waals surface area contributed by atoms with Crippen molar-refractivity contribution < 1.29 is 37.8 Å². The Balaban J connectivity index is 5.34. The Kier molecular flexibility index (Phi) is 9.33. The maximum absolute atomic E-state index is 11.5. The van der Waals surface area contributed by atoms with Crippen LogP contribution < -0.4 is 0 Å². The molecule has 0 aromatic heterocycles. The van der Waals surface area contributed by atoms with Gasteiger partial charge in [-0.3, -0.25) is 12.5 Å². The lowest BCUT2D eigenvalue weighted by atomic mass is 9.88. The monoisotopic (exact) mass is 410 g/mol. The molecule has 0 aliphatic rings. The molecule has 0 atom stereocenters. The second-order valence-corrected chi connectivity index (χ2v) is 11.0. The van der Waals surface area contributed by atoms with Gasteiger partial charge in [-0.25, -0.2) is 0 Å². The van der Waals surface area contributed by atoms with Crippen LogP contribution in [0, 0.1) is 5.41 Å². The van der Waals surface area contributed by atoms with Crippen molar-refractivity contribution in [3.8, 4) is 0 Å². The fourth-order valence-electron chi connectivity index (χ4n) is 1.33. The second kappa shape index (κ2) is 9.43. The highest BCUT2D eigenvalue weighted by molar-refractivity contribution is 7.87. The summed E-state index contributed by atoms with van der Waals surface area (Å²) in [6.45, 7) is 4.46. The number of hydrogen-bond donors (Lipinski definition) is 0. The molecule has 0 amide bonds. The third kappa shape index (κ3) is 8.72. The van der Waals surface area contributed by atoms with E-state index in [2.05, 4.69) is 0 Å². The van der Waals surface area contributed by atoms with Gasteiger partial charge in [0.25, 0.3) is 30.4 Å². The first kappa shape index (κ1) is 23.7. The van der Waals surface area contributed by atoms with Crippen molar-refractivity contribution in [2.24, 2.45) is 5.41 Å². The highest BCUT2D eigenvalue weighted by Crippen LogP contribution is 2.26. The van der Waals surface area contributed by atoms with Crippen molar-refractivity contribution in [2.75, 3.05) is 37.1 Å². The lowest BCUT2D eigenvalue weighted by Crippen LogP contribution is -2.39. The molecule has 0 radical (unpaired) electrons. The molecule has 0 aromatic carbocycles. The molecule has 0 aliphatic heterocycles. The summed E-state index contributed by atoms with van der Waals surface area (Å²) in [6.07, 6.45) is 0.185. The predicted octanol–water partition coefficient (Wildman–Crippen LogP) is 0.482. The van der Waals surface area contributed by atoms with Crippen LogP contribution in [0.15, 0.2) is 0 Å². The fourth-order valence-corrected chi connectivity index (χ4v) is 3.11. The highest BCUT2D eigenvalue weighted by Gasteiger charge is 2.35. The van der Waals surface area contributed by atoms with E-state index in [0.29, 0.717) is 0 Å². The third-order valence-electron chi connectivity index (χ3n) is 3.44. The summed E-state index contributed by atoms with van der Waals surface area (Å²) < 4.78 is 83.8. The zero-order chi connectivity index (χ0) is 19.1. The largest absolute Gasteiger partial charge is 0.269 e. The van der Waals surface area contributed by atoms with E-state index in [9.17, 15) is 25.3 Å². The average Bonchev–Trinajstić information content (AvgIpc) is 2.55. The molecule has 0 unspecified atom stereocenters. The Morgan fingerprint density at radius 2 is 0.833 bits per heavy atom. The lowest BCUT2D eigenvalue weighted by molar-refractivity contribution is 0.0366. The quantitative estimate of drug-likeness (QED) is 0.398. The molecular formula is C12H26O9S3. The van der Waals surface area contributed by atoms with Gasteiger partial charge in [0, 0.05) is 5.41 Å². The van der Waals surface area contributed by atoms with Gasteiger partial charge >= 0.3 is 0 Å². The van der Waals surface area contributed by atoms with Crippen molar-refractivity contribution >= 4 is 30.4 Å². The first-order valence-electron chi connectivity index (χ1n) is 7.47. The molecule has 0 saturated carbocycles. The molecule has 0 aliphatic carbocycles. The Morgan fingerprint density at radius 1 is 0.583 bits per heavy atom. The van der Waals surface area contributed by atoms with E-state index in [1.165, 1.54) is 20.8 Å².